The van der Waals surface area contributed by atoms with E-state index in [4.69, 9.17) is 21.1 Å². The summed E-state index contributed by atoms with van der Waals surface area (Å²) in [5.41, 5.74) is 1.64. The molecule has 164 valence electrons. The van der Waals surface area contributed by atoms with E-state index >= 15 is 0 Å². The highest BCUT2D eigenvalue weighted by atomic mass is 35.5. The van der Waals surface area contributed by atoms with Gasteiger partial charge in [0.15, 0.2) is 11.5 Å². The third-order valence-corrected chi connectivity index (χ3v) is 6.15. The fourth-order valence-corrected chi connectivity index (χ4v) is 4.50. The van der Waals surface area contributed by atoms with Crippen LogP contribution in [-0.2, 0) is 9.59 Å². The van der Waals surface area contributed by atoms with Crippen molar-refractivity contribution < 1.29 is 19.1 Å². The minimum atomic E-state index is -0.240. The first-order valence-corrected chi connectivity index (χ1v) is 11.1. The molecule has 1 aliphatic heterocycles. The molecule has 31 heavy (non-hydrogen) atoms. The van der Waals surface area contributed by atoms with Crippen LogP contribution < -0.4 is 14.8 Å². The summed E-state index contributed by atoms with van der Waals surface area (Å²) < 4.78 is 11.7. The fourth-order valence-electron chi connectivity index (χ4n) is 4.31. The van der Waals surface area contributed by atoms with E-state index in [0.29, 0.717) is 29.4 Å². The second-order valence-electron chi connectivity index (χ2n) is 8.17. The highest BCUT2D eigenvalue weighted by molar-refractivity contribution is 6.30. The molecule has 2 aliphatic rings. The maximum Gasteiger partial charge on any atom is 0.243 e. The molecular formula is C24H27ClN2O4. The van der Waals surface area contributed by atoms with Crippen molar-refractivity contribution in [1.82, 2.24) is 4.90 Å². The van der Waals surface area contributed by atoms with E-state index in [1.807, 2.05) is 18.2 Å². The number of likely N-dealkylation sites (tertiary alicyclic amines) is 1. The van der Waals surface area contributed by atoms with Gasteiger partial charge in [-0.25, -0.2) is 0 Å². The second kappa shape index (κ2) is 9.60. The summed E-state index contributed by atoms with van der Waals surface area (Å²) in [6.07, 6.45) is 5.10. The number of anilines is 1. The Morgan fingerprint density at radius 3 is 2.71 bits per heavy atom. The normalized spacial score (nSPS) is 19.0. The lowest BCUT2D eigenvalue weighted by molar-refractivity contribution is -0.131. The fraction of sp³-hybridized carbons (Fsp3) is 0.417. The zero-order valence-corrected chi connectivity index (χ0v) is 18.4. The maximum atomic E-state index is 12.6. The molecule has 0 aromatic heterocycles. The zero-order chi connectivity index (χ0) is 21.8. The Labute approximate surface area is 187 Å². The van der Waals surface area contributed by atoms with Crippen LogP contribution in [-0.4, -0.2) is 43.0 Å². The zero-order valence-electron chi connectivity index (χ0n) is 17.6. The van der Waals surface area contributed by atoms with Crippen molar-refractivity contribution in [2.24, 2.45) is 0 Å². The summed E-state index contributed by atoms with van der Waals surface area (Å²) in [7, 11) is 1.63. The first-order chi connectivity index (χ1) is 15.0. The van der Waals surface area contributed by atoms with E-state index in [9.17, 15) is 9.59 Å². The van der Waals surface area contributed by atoms with Crippen LogP contribution in [0.3, 0.4) is 0 Å². The predicted octanol–water partition coefficient (Wildman–Crippen LogP) is 4.62. The van der Waals surface area contributed by atoms with Crippen LogP contribution in [0, 0.1) is 0 Å². The van der Waals surface area contributed by atoms with Crippen molar-refractivity contribution in [2.75, 3.05) is 25.5 Å². The van der Waals surface area contributed by atoms with E-state index in [-0.39, 0.29) is 30.4 Å². The van der Waals surface area contributed by atoms with Crippen LogP contribution in [0.25, 0.3) is 0 Å². The minimum Gasteiger partial charge on any atom is -0.493 e. The van der Waals surface area contributed by atoms with Gasteiger partial charge in [-0.05, 0) is 61.6 Å². The Morgan fingerprint density at radius 1 is 1.16 bits per heavy atom. The average Bonchev–Trinajstić information content (AvgIpc) is 3.38. The molecule has 2 fully saturated rings. The molecule has 0 radical (unpaired) electrons. The Hall–Kier alpha value is -2.73. The van der Waals surface area contributed by atoms with Crippen LogP contribution in [0.4, 0.5) is 5.69 Å². The molecule has 2 aromatic rings. The topological polar surface area (TPSA) is 67.9 Å². The summed E-state index contributed by atoms with van der Waals surface area (Å²) >= 11 is 5.96. The Kier molecular flexibility index (Phi) is 6.66. The number of rotatable bonds is 7. The largest absolute Gasteiger partial charge is 0.493 e. The van der Waals surface area contributed by atoms with Gasteiger partial charge in [0.2, 0.25) is 11.8 Å². The Bertz CT molecular complexity index is 958. The lowest BCUT2D eigenvalue weighted by atomic mass is 9.98. The number of hydrogen-bond acceptors (Lipinski definition) is 4. The van der Waals surface area contributed by atoms with Crippen molar-refractivity contribution in [1.29, 1.82) is 0 Å². The monoisotopic (exact) mass is 442 g/mol. The van der Waals surface area contributed by atoms with Gasteiger partial charge in [-0.3, -0.25) is 9.59 Å². The molecule has 1 unspecified atom stereocenters. The molecule has 1 atom stereocenters. The molecule has 4 rings (SSSR count). The standard InChI is InChI=1S/C24H27ClN2O4/c1-30-21-10-9-16(11-22(21)31-20-7-2-3-8-20)17-12-24(29)27(14-17)15-23(28)26-19-6-4-5-18(25)13-19/h4-6,9-11,13,17,20H,2-3,7-8,12,14-15H2,1H3,(H,26,28). The van der Waals surface area contributed by atoms with Crippen molar-refractivity contribution in [2.45, 2.75) is 44.1 Å². The average molecular weight is 443 g/mol. The third kappa shape index (κ3) is 5.31. The number of halogens is 1. The number of ether oxygens (including phenoxy) is 2. The van der Waals surface area contributed by atoms with Gasteiger partial charge in [-0.2, -0.15) is 0 Å². The Balaban J connectivity index is 1.40. The van der Waals surface area contributed by atoms with E-state index in [0.717, 1.165) is 24.2 Å². The van der Waals surface area contributed by atoms with Crippen LogP contribution in [0.15, 0.2) is 42.5 Å². The molecule has 7 heteroatoms. The highest BCUT2D eigenvalue weighted by Gasteiger charge is 2.32. The number of methoxy groups -OCH3 is 1. The molecule has 1 N–H and O–H groups in total. The first kappa shape index (κ1) is 21.5. The summed E-state index contributed by atoms with van der Waals surface area (Å²) in [5, 5.41) is 3.34. The summed E-state index contributed by atoms with van der Waals surface area (Å²) in [4.78, 5) is 26.6. The van der Waals surface area contributed by atoms with Gasteiger partial charge >= 0.3 is 0 Å². The number of nitrogens with one attached hydrogen (secondary N) is 1. The molecule has 6 nitrogen and oxygen atoms in total. The highest BCUT2D eigenvalue weighted by Crippen LogP contribution is 2.37. The van der Waals surface area contributed by atoms with Gasteiger partial charge in [-0.1, -0.05) is 23.7 Å². The molecular weight excluding hydrogens is 416 g/mol. The Morgan fingerprint density at radius 2 is 1.97 bits per heavy atom. The van der Waals surface area contributed by atoms with Crippen molar-refractivity contribution >= 4 is 29.1 Å². The number of carbonyl (C=O) groups is 2. The third-order valence-electron chi connectivity index (χ3n) is 5.91. The number of hydrogen-bond donors (Lipinski definition) is 1. The molecule has 1 heterocycles. The van der Waals surface area contributed by atoms with Gasteiger partial charge in [0.1, 0.15) is 0 Å². The molecule has 0 spiro atoms. The smallest absolute Gasteiger partial charge is 0.243 e. The van der Waals surface area contributed by atoms with Gasteiger partial charge in [0.05, 0.1) is 19.8 Å². The van der Waals surface area contributed by atoms with E-state index in [1.54, 1.807) is 36.3 Å². The molecule has 2 amide bonds. The molecule has 1 saturated carbocycles. The van der Waals surface area contributed by atoms with Crippen molar-refractivity contribution in [3.05, 3.63) is 53.1 Å². The maximum absolute atomic E-state index is 12.6. The van der Waals surface area contributed by atoms with Gasteiger partial charge in [0.25, 0.3) is 0 Å². The first-order valence-electron chi connectivity index (χ1n) is 10.7. The summed E-state index contributed by atoms with van der Waals surface area (Å²) in [6.45, 7) is 0.514. The SMILES string of the molecule is COc1ccc(C2CC(=O)N(CC(=O)Nc3cccc(Cl)c3)C2)cc1OC1CCCC1. The lowest BCUT2D eigenvalue weighted by Gasteiger charge is -2.19. The van der Waals surface area contributed by atoms with Gasteiger partial charge in [0, 0.05) is 29.6 Å². The van der Waals surface area contributed by atoms with Crippen LogP contribution in [0.5, 0.6) is 11.5 Å². The van der Waals surface area contributed by atoms with Crippen LogP contribution in [0.2, 0.25) is 5.02 Å². The van der Waals surface area contributed by atoms with Crippen LogP contribution >= 0.6 is 11.6 Å². The second-order valence-corrected chi connectivity index (χ2v) is 8.60. The van der Waals surface area contributed by atoms with Gasteiger partial charge in [-0.15, -0.1) is 0 Å². The number of nitrogens with zero attached hydrogens (tertiary/aromatic N) is 1. The quantitative estimate of drug-likeness (QED) is 0.679. The molecule has 1 saturated heterocycles. The van der Waals surface area contributed by atoms with Crippen molar-refractivity contribution in [3.8, 4) is 11.5 Å². The lowest BCUT2D eigenvalue weighted by Crippen LogP contribution is -2.34. The van der Waals surface area contributed by atoms with E-state index in [1.165, 1.54) is 12.8 Å². The van der Waals surface area contributed by atoms with Crippen LogP contribution in [0.1, 0.15) is 43.6 Å². The number of carbonyl (C=O) groups excluding carboxylic acids is 2. The van der Waals surface area contributed by atoms with Crippen molar-refractivity contribution in [3.63, 3.8) is 0 Å². The predicted molar refractivity (Wildman–Crippen MR) is 120 cm³/mol. The van der Waals surface area contributed by atoms with E-state index in [2.05, 4.69) is 5.32 Å². The molecule has 2 aromatic carbocycles. The molecule has 0 bridgehead atoms. The molecule has 1 aliphatic carbocycles. The minimum absolute atomic E-state index is 0.0169. The summed E-state index contributed by atoms with van der Waals surface area (Å²) in [6, 6.07) is 12.8. The number of benzene rings is 2. The van der Waals surface area contributed by atoms with E-state index < -0.39 is 0 Å². The summed E-state index contributed by atoms with van der Waals surface area (Å²) in [5.74, 6) is 1.19. The number of amides is 2. The van der Waals surface area contributed by atoms with Gasteiger partial charge < -0.3 is 19.7 Å².